The van der Waals surface area contributed by atoms with E-state index < -0.39 is 0 Å². The highest BCUT2D eigenvalue weighted by Crippen LogP contribution is 2.07. The molecule has 0 bridgehead atoms. The summed E-state index contributed by atoms with van der Waals surface area (Å²) in [6.45, 7) is 8.84. The molecule has 0 aliphatic carbocycles. The Kier molecular flexibility index (Phi) is 6.87. The van der Waals surface area contributed by atoms with Crippen LogP contribution >= 0.6 is 11.6 Å². The average Bonchev–Trinajstić information content (AvgIpc) is 2.12. The van der Waals surface area contributed by atoms with Crippen molar-refractivity contribution >= 4 is 11.6 Å². The van der Waals surface area contributed by atoms with E-state index in [0.717, 1.165) is 5.88 Å². The third-order valence-electron chi connectivity index (χ3n) is 2.58. The second-order valence-corrected chi connectivity index (χ2v) is 3.91. The van der Waals surface area contributed by atoms with Crippen molar-refractivity contribution in [3.8, 4) is 0 Å². The lowest BCUT2D eigenvalue weighted by Gasteiger charge is -2.24. The Hall–Kier alpha value is 0.250. The average molecular weight is 192 g/mol. The highest BCUT2D eigenvalue weighted by molar-refractivity contribution is 6.18. The topological polar surface area (TPSA) is 12.0 Å². The molecule has 0 amide bonds. The quantitative estimate of drug-likeness (QED) is 0.637. The first-order valence-electron chi connectivity index (χ1n) is 4.97. The zero-order chi connectivity index (χ0) is 9.56. The van der Waals surface area contributed by atoms with Crippen molar-refractivity contribution in [1.29, 1.82) is 0 Å². The molecule has 0 radical (unpaired) electrons. The van der Waals surface area contributed by atoms with Crippen molar-refractivity contribution in [2.75, 3.05) is 5.88 Å². The van der Waals surface area contributed by atoms with E-state index in [9.17, 15) is 0 Å². The lowest BCUT2D eigenvalue weighted by atomic mass is 10.0. The molecule has 74 valence electrons. The molecule has 0 rings (SSSR count). The van der Waals surface area contributed by atoms with Crippen molar-refractivity contribution in [2.24, 2.45) is 5.92 Å². The van der Waals surface area contributed by atoms with Crippen LogP contribution in [0.25, 0.3) is 0 Å². The Morgan fingerprint density at radius 3 is 2.00 bits per heavy atom. The molecular weight excluding hydrogens is 170 g/mol. The summed E-state index contributed by atoms with van der Waals surface area (Å²) in [6.07, 6.45) is 2.41. The summed E-state index contributed by atoms with van der Waals surface area (Å²) in [5, 5.41) is 3.58. The first-order valence-corrected chi connectivity index (χ1v) is 5.51. The predicted octanol–water partition coefficient (Wildman–Crippen LogP) is 3.03. The summed E-state index contributed by atoms with van der Waals surface area (Å²) >= 11 is 5.78. The maximum Gasteiger partial charge on any atom is 0.0263 e. The summed E-state index contributed by atoms with van der Waals surface area (Å²) < 4.78 is 0. The van der Waals surface area contributed by atoms with Gasteiger partial charge >= 0.3 is 0 Å². The fraction of sp³-hybridized carbons (Fsp3) is 1.00. The number of rotatable bonds is 6. The predicted molar refractivity (Wildman–Crippen MR) is 56.9 cm³/mol. The van der Waals surface area contributed by atoms with E-state index in [4.69, 9.17) is 11.6 Å². The van der Waals surface area contributed by atoms with Gasteiger partial charge in [0.2, 0.25) is 0 Å². The van der Waals surface area contributed by atoms with Crippen molar-refractivity contribution in [2.45, 2.75) is 52.6 Å². The zero-order valence-electron chi connectivity index (χ0n) is 8.73. The van der Waals surface area contributed by atoms with Gasteiger partial charge < -0.3 is 5.32 Å². The van der Waals surface area contributed by atoms with Gasteiger partial charge in [-0.15, -0.1) is 11.6 Å². The Morgan fingerprint density at radius 1 is 1.17 bits per heavy atom. The molecule has 0 aromatic carbocycles. The summed E-state index contributed by atoms with van der Waals surface area (Å²) in [4.78, 5) is 0. The minimum absolute atomic E-state index is 0.535. The molecule has 0 fully saturated rings. The molecule has 0 saturated carbocycles. The van der Waals surface area contributed by atoms with Gasteiger partial charge in [0.15, 0.2) is 0 Å². The van der Waals surface area contributed by atoms with Crippen LogP contribution in [0.1, 0.15) is 40.5 Å². The molecule has 2 atom stereocenters. The highest BCUT2D eigenvalue weighted by Gasteiger charge is 2.13. The lowest BCUT2D eigenvalue weighted by Crippen LogP contribution is -2.40. The fourth-order valence-electron chi connectivity index (χ4n) is 1.19. The minimum Gasteiger partial charge on any atom is -0.311 e. The van der Waals surface area contributed by atoms with Crippen molar-refractivity contribution in [3.63, 3.8) is 0 Å². The van der Waals surface area contributed by atoms with Gasteiger partial charge in [-0.3, -0.25) is 0 Å². The zero-order valence-corrected chi connectivity index (χ0v) is 9.49. The van der Waals surface area contributed by atoms with Crippen molar-refractivity contribution < 1.29 is 0 Å². The molecule has 0 spiro atoms. The van der Waals surface area contributed by atoms with Gasteiger partial charge in [0, 0.05) is 18.0 Å². The molecule has 2 heteroatoms. The van der Waals surface area contributed by atoms with Crippen LogP contribution in [0.2, 0.25) is 0 Å². The molecule has 1 N–H and O–H groups in total. The molecule has 2 unspecified atom stereocenters. The van der Waals surface area contributed by atoms with E-state index in [-0.39, 0.29) is 0 Å². The van der Waals surface area contributed by atoms with Gasteiger partial charge in [0.1, 0.15) is 0 Å². The van der Waals surface area contributed by atoms with E-state index in [1.807, 2.05) is 0 Å². The normalized spacial score (nSPS) is 16.5. The third kappa shape index (κ3) is 4.32. The van der Waals surface area contributed by atoms with E-state index in [1.54, 1.807) is 0 Å². The molecule has 1 nitrogen and oxygen atoms in total. The first kappa shape index (κ1) is 12.2. The van der Waals surface area contributed by atoms with Crippen molar-refractivity contribution in [3.05, 3.63) is 0 Å². The standard InChI is InChI=1S/C10H22ClN/c1-5-10(6-2)12-9(4)8(3)7-11/h8-10,12H,5-7H2,1-4H3. The summed E-state index contributed by atoms with van der Waals surface area (Å²) in [5.41, 5.74) is 0. The maximum absolute atomic E-state index is 5.78. The number of hydrogen-bond donors (Lipinski definition) is 1. The van der Waals surface area contributed by atoms with Crippen LogP contribution in [-0.4, -0.2) is 18.0 Å². The van der Waals surface area contributed by atoms with E-state index in [2.05, 4.69) is 33.0 Å². The van der Waals surface area contributed by atoms with Gasteiger partial charge in [-0.05, 0) is 25.7 Å². The SMILES string of the molecule is CCC(CC)NC(C)C(C)CCl. The van der Waals surface area contributed by atoms with E-state index in [0.29, 0.717) is 18.0 Å². The highest BCUT2D eigenvalue weighted by atomic mass is 35.5. The van der Waals surface area contributed by atoms with Crippen molar-refractivity contribution in [1.82, 2.24) is 5.32 Å². The molecule has 0 aromatic rings. The van der Waals surface area contributed by atoms with Crippen LogP contribution in [0.3, 0.4) is 0 Å². The van der Waals surface area contributed by atoms with Crippen LogP contribution < -0.4 is 5.32 Å². The minimum atomic E-state index is 0.535. The van der Waals surface area contributed by atoms with Crippen LogP contribution in [0.5, 0.6) is 0 Å². The number of nitrogens with one attached hydrogen (secondary N) is 1. The molecule has 0 heterocycles. The van der Waals surface area contributed by atoms with Gasteiger partial charge in [-0.1, -0.05) is 20.8 Å². The van der Waals surface area contributed by atoms with Crippen LogP contribution in [0.15, 0.2) is 0 Å². The van der Waals surface area contributed by atoms with E-state index in [1.165, 1.54) is 12.8 Å². The molecule has 0 aromatic heterocycles. The number of hydrogen-bond acceptors (Lipinski definition) is 1. The van der Waals surface area contributed by atoms with E-state index >= 15 is 0 Å². The van der Waals surface area contributed by atoms with Crippen LogP contribution in [0.4, 0.5) is 0 Å². The first-order chi connectivity index (χ1) is 5.65. The Balaban J connectivity index is 3.72. The monoisotopic (exact) mass is 191 g/mol. The van der Waals surface area contributed by atoms with Gasteiger partial charge in [-0.25, -0.2) is 0 Å². The summed E-state index contributed by atoms with van der Waals surface area (Å²) in [7, 11) is 0. The number of halogens is 1. The largest absolute Gasteiger partial charge is 0.311 e. The second kappa shape index (κ2) is 6.73. The molecule has 0 aliphatic rings. The number of alkyl halides is 1. The summed E-state index contributed by atoms with van der Waals surface area (Å²) in [5.74, 6) is 1.31. The smallest absolute Gasteiger partial charge is 0.0263 e. The summed E-state index contributed by atoms with van der Waals surface area (Å²) in [6, 6.07) is 1.19. The molecule has 12 heavy (non-hydrogen) atoms. The van der Waals surface area contributed by atoms with Crippen LogP contribution in [0, 0.1) is 5.92 Å². The Morgan fingerprint density at radius 2 is 1.67 bits per heavy atom. The van der Waals surface area contributed by atoms with Gasteiger partial charge in [-0.2, -0.15) is 0 Å². The van der Waals surface area contributed by atoms with Gasteiger partial charge in [0.05, 0.1) is 0 Å². The Bertz CT molecular complexity index is 102. The molecular formula is C10H22ClN. The van der Waals surface area contributed by atoms with Gasteiger partial charge in [0.25, 0.3) is 0 Å². The molecule has 0 saturated heterocycles. The third-order valence-corrected chi connectivity index (χ3v) is 3.07. The maximum atomic E-state index is 5.78. The molecule has 0 aliphatic heterocycles. The van der Waals surface area contributed by atoms with Crippen LogP contribution in [-0.2, 0) is 0 Å². The lowest BCUT2D eigenvalue weighted by molar-refractivity contribution is 0.361. The Labute approximate surface area is 81.9 Å². The fourth-order valence-corrected chi connectivity index (χ4v) is 1.46. The second-order valence-electron chi connectivity index (χ2n) is 3.60.